The maximum Gasteiger partial charge on any atom is 0.305 e. The Morgan fingerprint density at radius 1 is 1.50 bits per heavy atom. The fourth-order valence-corrected chi connectivity index (χ4v) is 4.31. The van der Waals surface area contributed by atoms with Gasteiger partial charge in [-0.3, -0.25) is 9.59 Å². The number of hydrogen-bond donors (Lipinski definition) is 1. The number of carbonyl (C=O) groups is 2. The van der Waals surface area contributed by atoms with Crippen molar-refractivity contribution in [1.29, 1.82) is 0 Å². The summed E-state index contributed by atoms with van der Waals surface area (Å²) in [6.07, 6.45) is 2.63. The molecule has 0 aromatic carbocycles. The van der Waals surface area contributed by atoms with Crippen molar-refractivity contribution in [3.05, 3.63) is 20.8 Å². The number of aryl methyl sites for hydroxylation is 1. The molecule has 1 aliphatic rings. The molecule has 0 radical (unpaired) electrons. The number of likely N-dealkylation sites (tertiary alicyclic amines) is 1. The van der Waals surface area contributed by atoms with Crippen molar-refractivity contribution >= 4 is 39.1 Å². The number of halogens is 1. The quantitative estimate of drug-likeness (QED) is 0.778. The molecule has 0 spiro atoms. The minimum absolute atomic E-state index is 0.0104. The minimum atomic E-state index is -0.872. The van der Waals surface area contributed by atoms with E-state index < -0.39 is 5.97 Å². The Hall–Kier alpha value is -0.920. The number of carbonyl (C=O) groups excluding carboxylic acids is 1. The third-order valence-corrected chi connectivity index (χ3v) is 5.57. The lowest BCUT2D eigenvalue weighted by Crippen LogP contribution is -2.37. The average Bonchev–Trinajstić information content (AvgIpc) is 3.04. The van der Waals surface area contributed by atoms with Gasteiger partial charge in [0.25, 0.3) is 0 Å². The summed E-state index contributed by atoms with van der Waals surface area (Å²) < 4.78 is 6.38. The Morgan fingerprint density at radius 3 is 2.86 bits per heavy atom. The number of thiophene rings is 1. The maximum atomic E-state index is 12.4. The van der Waals surface area contributed by atoms with Gasteiger partial charge in [0, 0.05) is 31.0 Å². The van der Waals surface area contributed by atoms with E-state index in [1.807, 2.05) is 6.07 Å². The molecule has 1 fully saturated rings. The molecule has 7 heteroatoms. The normalized spacial score (nSPS) is 21.3. The summed E-state index contributed by atoms with van der Waals surface area (Å²) in [6, 6.07) is 3.82. The van der Waals surface area contributed by atoms with Gasteiger partial charge < -0.3 is 14.7 Å². The predicted octanol–water partition coefficient (Wildman–Crippen LogP) is 2.92. The van der Waals surface area contributed by atoms with Crippen LogP contribution in [0.2, 0.25) is 0 Å². The molecule has 1 amide bonds. The fourth-order valence-electron chi connectivity index (χ4n) is 2.79. The Morgan fingerprint density at radius 2 is 2.27 bits per heavy atom. The minimum Gasteiger partial charge on any atom is -0.481 e. The maximum absolute atomic E-state index is 12.4. The van der Waals surface area contributed by atoms with Crippen LogP contribution in [-0.4, -0.2) is 47.7 Å². The zero-order valence-corrected chi connectivity index (χ0v) is 14.9. The van der Waals surface area contributed by atoms with E-state index in [2.05, 4.69) is 22.0 Å². The van der Waals surface area contributed by atoms with Gasteiger partial charge in [0.15, 0.2) is 0 Å². The van der Waals surface area contributed by atoms with Gasteiger partial charge in [0.2, 0.25) is 5.91 Å². The average molecular weight is 390 g/mol. The number of methoxy groups -OCH3 is 1. The first-order valence-corrected chi connectivity index (χ1v) is 8.88. The Labute approximate surface area is 142 Å². The Balaban J connectivity index is 1.85. The van der Waals surface area contributed by atoms with Crippen molar-refractivity contribution in [2.75, 3.05) is 13.7 Å². The van der Waals surface area contributed by atoms with E-state index >= 15 is 0 Å². The monoisotopic (exact) mass is 389 g/mol. The van der Waals surface area contributed by atoms with Crippen LogP contribution >= 0.6 is 27.3 Å². The molecule has 2 atom stereocenters. The molecule has 1 aliphatic heterocycles. The van der Waals surface area contributed by atoms with Gasteiger partial charge in [0.05, 0.1) is 16.3 Å². The molecule has 1 saturated heterocycles. The molecular formula is C15H20BrNO4S. The number of carboxylic acids is 1. The smallest absolute Gasteiger partial charge is 0.305 e. The first-order chi connectivity index (χ1) is 10.5. The topological polar surface area (TPSA) is 66.8 Å². The van der Waals surface area contributed by atoms with Gasteiger partial charge in [-0.1, -0.05) is 0 Å². The summed E-state index contributed by atoms with van der Waals surface area (Å²) in [6.45, 7) is 0.498. The summed E-state index contributed by atoms with van der Waals surface area (Å²) in [5.41, 5.74) is 0. The molecule has 1 N–H and O–H groups in total. The van der Waals surface area contributed by atoms with Crippen molar-refractivity contribution in [2.24, 2.45) is 0 Å². The van der Waals surface area contributed by atoms with Crippen molar-refractivity contribution in [2.45, 2.75) is 44.2 Å². The third-order valence-electron chi connectivity index (χ3n) is 3.88. The van der Waals surface area contributed by atoms with E-state index in [0.29, 0.717) is 19.4 Å². The molecule has 0 aliphatic carbocycles. The fraction of sp³-hybridized carbons (Fsp3) is 0.600. The second-order valence-electron chi connectivity index (χ2n) is 5.45. The second kappa shape index (κ2) is 8.08. The van der Waals surface area contributed by atoms with Crippen molar-refractivity contribution < 1.29 is 19.4 Å². The molecular weight excluding hydrogens is 370 g/mol. The number of amides is 1. The number of ether oxygens (including phenoxy) is 1. The van der Waals surface area contributed by atoms with Crippen molar-refractivity contribution in [3.63, 3.8) is 0 Å². The van der Waals surface area contributed by atoms with Crippen LogP contribution in [0.4, 0.5) is 0 Å². The standard InChI is InChI=1S/C15H20BrNO4S/c1-21-11-7-10(8-15(19)20)17(9-11)14(18)4-2-3-12-5-6-13(16)22-12/h5-6,10-11H,2-4,7-9H2,1H3,(H,19,20). The summed E-state index contributed by atoms with van der Waals surface area (Å²) in [5, 5.41) is 8.98. The first-order valence-electron chi connectivity index (χ1n) is 7.28. The lowest BCUT2D eigenvalue weighted by atomic mass is 10.1. The summed E-state index contributed by atoms with van der Waals surface area (Å²) >= 11 is 5.10. The molecule has 2 rings (SSSR count). The van der Waals surface area contributed by atoms with Crippen LogP contribution in [0.5, 0.6) is 0 Å². The van der Waals surface area contributed by atoms with Gasteiger partial charge in [-0.25, -0.2) is 0 Å². The van der Waals surface area contributed by atoms with Crippen LogP contribution < -0.4 is 0 Å². The Bertz CT molecular complexity index is 533. The highest BCUT2D eigenvalue weighted by atomic mass is 79.9. The molecule has 22 heavy (non-hydrogen) atoms. The molecule has 0 bridgehead atoms. The van der Waals surface area contributed by atoms with Crippen LogP contribution in [0.25, 0.3) is 0 Å². The van der Waals surface area contributed by atoms with Gasteiger partial charge >= 0.3 is 5.97 Å². The van der Waals surface area contributed by atoms with Crippen LogP contribution in [0.1, 0.15) is 30.6 Å². The largest absolute Gasteiger partial charge is 0.481 e. The number of aliphatic carboxylic acids is 1. The zero-order valence-electron chi connectivity index (χ0n) is 12.5. The SMILES string of the molecule is COC1CC(CC(=O)O)N(C(=O)CCCc2ccc(Br)s2)C1. The first kappa shape index (κ1) is 17.4. The summed E-state index contributed by atoms with van der Waals surface area (Å²) in [4.78, 5) is 26.2. The molecule has 0 saturated carbocycles. The van der Waals surface area contributed by atoms with Crippen LogP contribution in [0, 0.1) is 0 Å². The predicted molar refractivity (Wildman–Crippen MR) is 88.1 cm³/mol. The molecule has 1 aromatic heterocycles. The van der Waals surface area contributed by atoms with E-state index in [1.54, 1.807) is 23.3 Å². The highest BCUT2D eigenvalue weighted by molar-refractivity contribution is 9.11. The third kappa shape index (κ3) is 4.79. The molecule has 5 nitrogen and oxygen atoms in total. The van der Waals surface area contributed by atoms with Crippen LogP contribution in [0.3, 0.4) is 0 Å². The van der Waals surface area contributed by atoms with Gasteiger partial charge in [-0.15, -0.1) is 11.3 Å². The highest BCUT2D eigenvalue weighted by Gasteiger charge is 2.36. The zero-order chi connectivity index (χ0) is 16.1. The summed E-state index contributed by atoms with van der Waals surface area (Å²) in [7, 11) is 1.60. The number of carboxylic acid groups (broad SMARTS) is 1. The van der Waals surface area contributed by atoms with Gasteiger partial charge in [0.1, 0.15) is 0 Å². The van der Waals surface area contributed by atoms with E-state index in [4.69, 9.17) is 9.84 Å². The van der Waals surface area contributed by atoms with Crippen LogP contribution in [-0.2, 0) is 20.7 Å². The van der Waals surface area contributed by atoms with E-state index in [0.717, 1.165) is 16.6 Å². The van der Waals surface area contributed by atoms with Gasteiger partial charge in [-0.2, -0.15) is 0 Å². The number of hydrogen-bond acceptors (Lipinski definition) is 4. The molecule has 122 valence electrons. The molecule has 2 heterocycles. The molecule has 2 unspecified atom stereocenters. The van der Waals surface area contributed by atoms with E-state index in [-0.39, 0.29) is 24.5 Å². The Kier molecular flexibility index (Phi) is 6.40. The molecule has 1 aromatic rings. The van der Waals surface area contributed by atoms with Crippen molar-refractivity contribution in [3.8, 4) is 0 Å². The second-order valence-corrected chi connectivity index (χ2v) is 8.00. The number of rotatable bonds is 7. The van der Waals surface area contributed by atoms with E-state index in [9.17, 15) is 9.59 Å². The number of nitrogens with zero attached hydrogens (tertiary/aromatic N) is 1. The lowest BCUT2D eigenvalue weighted by molar-refractivity contribution is -0.139. The lowest BCUT2D eigenvalue weighted by Gasteiger charge is -2.23. The van der Waals surface area contributed by atoms with Gasteiger partial charge in [-0.05, 0) is 47.3 Å². The highest BCUT2D eigenvalue weighted by Crippen LogP contribution is 2.26. The van der Waals surface area contributed by atoms with E-state index in [1.165, 1.54) is 4.88 Å². The summed E-state index contributed by atoms with van der Waals surface area (Å²) in [5.74, 6) is -0.843. The van der Waals surface area contributed by atoms with Crippen molar-refractivity contribution in [1.82, 2.24) is 4.90 Å². The van der Waals surface area contributed by atoms with Crippen LogP contribution in [0.15, 0.2) is 15.9 Å².